The molecule has 0 aliphatic heterocycles. The zero-order valence-corrected chi connectivity index (χ0v) is 12.6. The van der Waals surface area contributed by atoms with E-state index in [4.69, 9.17) is 0 Å². The molecule has 0 aliphatic rings. The predicted molar refractivity (Wildman–Crippen MR) is 85.6 cm³/mol. The van der Waals surface area contributed by atoms with Gasteiger partial charge in [0, 0.05) is 26.2 Å². The van der Waals surface area contributed by atoms with E-state index in [2.05, 4.69) is 20.6 Å². The van der Waals surface area contributed by atoms with Gasteiger partial charge in [-0.2, -0.15) is 0 Å². The third kappa shape index (κ3) is 3.45. The van der Waals surface area contributed by atoms with E-state index in [9.17, 15) is 9.18 Å². The zero-order chi connectivity index (χ0) is 16.2. The van der Waals surface area contributed by atoms with E-state index in [0.717, 1.165) is 16.9 Å². The van der Waals surface area contributed by atoms with Crippen LogP contribution in [0.1, 0.15) is 5.82 Å². The van der Waals surface area contributed by atoms with E-state index in [0.29, 0.717) is 18.8 Å². The summed E-state index contributed by atoms with van der Waals surface area (Å²) >= 11 is 0. The first-order valence-electron chi connectivity index (χ1n) is 7.20. The summed E-state index contributed by atoms with van der Waals surface area (Å²) < 4.78 is 15.1. The molecule has 0 aliphatic carbocycles. The molecule has 0 bridgehead atoms. The van der Waals surface area contributed by atoms with Gasteiger partial charge >= 0.3 is 6.03 Å². The summed E-state index contributed by atoms with van der Waals surface area (Å²) in [4.78, 5) is 20.2. The number of amides is 2. The number of imidazole rings is 1. The standard InChI is InChI=1S/C16H16FN5O/c1-22-13-10-11(17)5-6-12(13)20-15(22)7-9-19-16(23)21-14-4-2-3-8-18-14/h2-6,8,10H,7,9H2,1H3,(H2,18,19,21,23). The summed E-state index contributed by atoms with van der Waals surface area (Å²) in [6.07, 6.45) is 2.15. The molecular weight excluding hydrogens is 297 g/mol. The lowest BCUT2D eigenvalue weighted by molar-refractivity contribution is 0.252. The van der Waals surface area contributed by atoms with Crippen LogP contribution >= 0.6 is 0 Å². The van der Waals surface area contributed by atoms with Crippen molar-refractivity contribution < 1.29 is 9.18 Å². The number of benzene rings is 1. The molecule has 23 heavy (non-hydrogen) atoms. The van der Waals surface area contributed by atoms with Gasteiger partial charge in [-0.3, -0.25) is 5.32 Å². The number of carbonyl (C=O) groups is 1. The van der Waals surface area contributed by atoms with Crippen LogP contribution in [0.5, 0.6) is 0 Å². The van der Waals surface area contributed by atoms with Crippen LogP contribution in [-0.4, -0.2) is 27.1 Å². The van der Waals surface area contributed by atoms with Crippen molar-refractivity contribution in [1.29, 1.82) is 0 Å². The molecular formula is C16H16FN5O. The van der Waals surface area contributed by atoms with E-state index in [1.54, 1.807) is 30.5 Å². The molecule has 0 atom stereocenters. The van der Waals surface area contributed by atoms with Crippen molar-refractivity contribution in [2.45, 2.75) is 6.42 Å². The Balaban J connectivity index is 1.58. The van der Waals surface area contributed by atoms with Gasteiger partial charge in [-0.1, -0.05) is 6.07 Å². The lowest BCUT2D eigenvalue weighted by Gasteiger charge is -2.07. The fourth-order valence-corrected chi connectivity index (χ4v) is 2.32. The third-order valence-electron chi connectivity index (χ3n) is 3.48. The fourth-order valence-electron chi connectivity index (χ4n) is 2.32. The predicted octanol–water partition coefficient (Wildman–Crippen LogP) is 2.47. The van der Waals surface area contributed by atoms with Crippen LogP contribution in [0.3, 0.4) is 0 Å². The average Bonchev–Trinajstić information content (AvgIpc) is 2.85. The van der Waals surface area contributed by atoms with Gasteiger partial charge in [0.2, 0.25) is 0 Å². The first-order valence-corrected chi connectivity index (χ1v) is 7.20. The van der Waals surface area contributed by atoms with Crippen molar-refractivity contribution in [3.8, 4) is 0 Å². The van der Waals surface area contributed by atoms with Gasteiger partial charge in [0.15, 0.2) is 0 Å². The number of halogens is 1. The highest BCUT2D eigenvalue weighted by atomic mass is 19.1. The van der Waals surface area contributed by atoms with Gasteiger partial charge in [-0.05, 0) is 30.3 Å². The summed E-state index contributed by atoms with van der Waals surface area (Å²) in [5.41, 5.74) is 1.47. The van der Waals surface area contributed by atoms with Crippen LogP contribution in [0.25, 0.3) is 11.0 Å². The minimum Gasteiger partial charge on any atom is -0.337 e. The van der Waals surface area contributed by atoms with Gasteiger partial charge in [0.25, 0.3) is 0 Å². The number of hydrogen-bond acceptors (Lipinski definition) is 3. The lowest BCUT2D eigenvalue weighted by Crippen LogP contribution is -2.31. The van der Waals surface area contributed by atoms with Gasteiger partial charge < -0.3 is 9.88 Å². The highest BCUT2D eigenvalue weighted by Gasteiger charge is 2.09. The van der Waals surface area contributed by atoms with Crippen LogP contribution in [0.2, 0.25) is 0 Å². The number of fused-ring (bicyclic) bond motifs is 1. The molecule has 118 valence electrons. The molecule has 7 heteroatoms. The Morgan fingerprint density at radius 1 is 1.30 bits per heavy atom. The van der Waals surface area contributed by atoms with Crippen LogP contribution < -0.4 is 10.6 Å². The summed E-state index contributed by atoms with van der Waals surface area (Å²) in [5.74, 6) is 0.979. The van der Waals surface area contributed by atoms with E-state index >= 15 is 0 Å². The van der Waals surface area contributed by atoms with Crippen molar-refractivity contribution in [3.05, 3.63) is 54.2 Å². The summed E-state index contributed by atoms with van der Waals surface area (Å²) in [7, 11) is 1.83. The zero-order valence-electron chi connectivity index (χ0n) is 12.6. The maximum atomic E-state index is 13.3. The summed E-state index contributed by atoms with van der Waals surface area (Å²) in [5, 5.41) is 5.38. The van der Waals surface area contributed by atoms with Crippen LogP contribution in [0, 0.1) is 5.82 Å². The minimum absolute atomic E-state index is 0.292. The van der Waals surface area contributed by atoms with E-state index in [1.165, 1.54) is 12.1 Å². The Kier molecular flexibility index (Phi) is 4.18. The molecule has 3 aromatic rings. The number of rotatable bonds is 4. The number of nitrogens with zero attached hydrogens (tertiary/aromatic N) is 3. The van der Waals surface area contributed by atoms with Gasteiger partial charge in [-0.15, -0.1) is 0 Å². The second-order valence-electron chi connectivity index (χ2n) is 5.07. The number of anilines is 1. The molecule has 6 nitrogen and oxygen atoms in total. The Labute approximate surface area is 132 Å². The SMILES string of the molecule is Cn1c(CCNC(=O)Nc2ccccn2)nc2ccc(F)cc21. The molecule has 2 aromatic heterocycles. The number of pyridine rings is 1. The van der Waals surface area contributed by atoms with Crippen molar-refractivity contribution in [2.24, 2.45) is 7.05 Å². The lowest BCUT2D eigenvalue weighted by atomic mass is 10.3. The topological polar surface area (TPSA) is 71.8 Å². The number of carbonyl (C=O) groups excluding carboxylic acids is 1. The van der Waals surface area contributed by atoms with Gasteiger partial charge in [0.1, 0.15) is 17.5 Å². The van der Waals surface area contributed by atoms with Crippen molar-refractivity contribution in [1.82, 2.24) is 19.9 Å². The van der Waals surface area contributed by atoms with E-state index < -0.39 is 0 Å². The number of hydrogen-bond donors (Lipinski definition) is 2. The monoisotopic (exact) mass is 313 g/mol. The van der Waals surface area contributed by atoms with Crippen LogP contribution in [0.15, 0.2) is 42.6 Å². The number of urea groups is 1. The summed E-state index contributed by atoms with van der Waals surface area (Å²) in [6.45, 7) is 0.415. The first-order chi connectivity index (χ1) is 11.1. The third-order valence-corrected chi connectivity index (χ3v) is 3.48. The highest BCUT2D eigenvalue weighted by molar-refractivity contribution is 5.88. The van der Waals surface area contributed by atoms with E-state index in [-0.39, 0.29) is 11.8 Å². The van der Waals surface area contributed by atoms with Gasteiger partial charge in [0.05, 0.1) is 11.0 Å². The molecule has 0 unspecified atom stereocenters. The molecule has 2 amide bonds. The maximum absolute atomic E-state index is 13.3. The van der Waals surface area contributed by atoms with Gasteiger partial charge in [-0.25, -0.2) is 19.2 Å². The second-order valence-corrected chi connectivity index (χ2v) is 5.07. The molecule has 1 aromatic carbocycles. The van der Waals surface area contributed by atoms with Crippen molar-refractivity contribution >= 4 is 22.9 Å². The largest absolute Gasteiger partial charge is 0.337 e. The molecule has 0 radical (unpaired) electrons. The second kappa shape index (κ2) is 6.43. The number of aryl methyl sites for hydroxylation is 1. The highest BCUT2D eigenvalue weighted by Crippen LogP contribution is 2.16. The minimum atomic E-state index is -0.325. The molecule has 0 fully saturated rings. The Bertz CT molecular complexity index is 831. The number of nitrogens with one attached hydrogen (secondary N) is 2. The molecule has 0 saturated carbocycles. The Morgan fingerprint density at radius 2 is 2.17 bits per heavy atom. The Morgan fingerprint density at radius 3 is 2.96 bits per heavy atom. The fraction of sp³-hybridized carbons (Fsp3) is 0.188. The molecule has 3 rings (SSSR count). The first kappa shape index (κ1) is 15.0. The Hall–Kier alpha value is -2.96. The molecule has 2 heterocycles. The van der Waals surface area contributed by atoms with Crippen LogP contribution in [-0.2, 0) is 13.5 Å². The number of aromatic nitrogens is 3. The van der Waals surface area contributed by atoms with E-state index in [1.807, 2.05) is 11.6 Å². The van der Waals surface area contributed by atoms with Crippen molar-refractivity contribution in [2.75, 3.05) is 11.9 Å². The van der Waals surface area contributed by atoms with Crippen molar-refractivity contribution in [3.63, 3.8) is 0 Å². The summed E-state index contributed by atoms with van der Waals surface area (Å²) in [6, 6.07) is 9.44. The molecule has 2 N–H and O–H groups in total. The smallest absolute Gasteiger partial charge is 0.320 e. The molecule has 0 spiro atoms. The normalized spacial score (nSPS) is 10.7. The van der Waals surface area contributed by atoms with Crippen LogP contribution in [0.4, 0.5) is 15.0 Å². The maximum Gasteiger partial charge on any atom is 0.320 e. The molecule has 0 saturated heterocycles. The quantitative estimate of drug-likeness (QED) is 0.777. The average molecular weight is 313 g/mol.